The van der Waals surface area contributed by atoms with E-state index < -0.39 is 29.9 Å². The molecular formula is C35H59NO5. The summed E-state index contributed by atoms with van der Waals surface area (Å²) >= 11 is 0. The van der Waals surface area contributed by atoms with Gasteiger partial charge in [0.2, 0.25) is 0 Å². The summed E-state index contributed by atoms with van der Waals surface area (Å²) in [5.74, 6) is 2.05. The third-order valence-electron chi connectivity index (χ3n) is 15.4. The predicted octanol–water partition coefficient (Wildman–Crippen LogP) is 5.68. The fourth-order valence-corrected chi connectivity index (χ4v) is 14.0. The van der Waals surface area contributed by atoms with Crippen molar-refractivity contribution in [3.63, 3.8) is 0 Å². The van der Waals surface area contributed by atoms with Crippen LogP contribution in [0.15, 0.2) is 0 Å². The summed E-state index contributed by atoms with van der Waals surface area (Å²) in [4.78, 5) is 14.5. The average molecular weight is 574 g/mol. The predicted molar refractivity (Wildman–Crippen MR) is 160 cm³/mol. The van der Waals surface area contributed by atoms with E-state index >= 15 is 0 Å². The van der Waals surface area contributed by atoms with Gasteiger partial charge in [-0.3, -0.25) is 4.79 Å². The van der Waals surface area contributed by atoms with Gasteiger partial charge < -0.3 is 24.6 Å². The molecule has 41 heavy (non-hydrogen) atoms. The van der Waals surface area contributed by atoms with Crippen molar-refractivity contribution in [2.24, 2.45) is 56.7 Å². The van der Waals surface area contributed by atoms with E-state index in [1.54, 1.807) is 13.8 Å². The van der Waals surface area contributed by atoms with Gasteiger partial charge in [0.05, 0.1) is 23.9 Å². The van der Waals surface area contributed by atoms with E-state index in [-0.39, 0.29) is 28.3 Å². The van der Waals surface area contributed by atoms with Gasteiger partial charge in [-0.15, -0.1) is 0 Å². The Bertz CT molecular complexity index is 1080. The molecule has 0 aromatic carbocycles. The number of ether oxygens (including phenoxy) is 2. The molecule has 0 aromatic rings. The number of carbonyl (C=O) groups excluding carboxylic acids is 1. The monoisotopic (exact) mass is 573 g/mol. The molecule has 14 unspecified atom stereocenters. The van der Waals surface area contributed by atoms with Crippen molar-refractivity contribution in [1.29, 1.82) is 0 Å². The second-order valence-electron chi connectivity index (χ2n) is 17.5. The van der Waals surface area contributed by atoms with Gasteiger partial charge in [0.15, 0.2) is 6.10 Å². The van der Waals surface area contributed by atoms with Gasteiger partial charge in [0.1, 0.15) is 0 Å². The first kappa shape index (κ1) is 30.3. The van der Waals surface area contributed by atoms with Crippen LogP contribution in [0.5, 0.6) is 0 Å². The van der Waals surface area contributed by atoms with E-state index in [9.17, 15) is 15.0 Å². The lowest BCUT2D eigenvalue weighted by molar-refractivity contribution is -0.216. The van der Waals surface area contributed by atoms with Gasteiger partial charge in [-0.1, -0.05) is 41.5 Å². The quantitative estimate of drug-likeness (QED) is 0.422. The Hall–Kier alpha value is -0.690. The molecule has 6 heteroatoms. The molecule has 2 N–H and O–H groups in total. The Morgan fingerprint density at radius 3 is 2.20 bits per heavy atom. The number of aliphatic hydroxyl groups excluding tert-OH is 1. The molecule has 2 spiro atoms. The SMILES string of the molecule is CC(=O)OC(C1CC(C)C2C(O1)C(O)C1(C)C3CCC4C(C)(C)C(N(C)C)CCC45C(C)C35CCC21C)C(C)(C)O. The lowest BCUT2D eigenvalue weighted by Crippen LogP contribution is -2.60. The van der Waals surface area contributed by atoms with Gasteiger partial charge in [-0.25, -0.2) is 0 Å². The highest BCUT2D eigenvalue weighted by Gasteiger charge is 2.87. The number of hydrogen-bond acceptors (Lipinski definition) is 6. The third-order valence-corrected chi connectivity index (χ3v) is 15.4. The topological polar surface area (TPSA) is 79.2 Å². The maximum atomic E-state index is 12.5. The molecule has 6 nitrogen and oxygen atoms in total. The van der Waals surface area contributed by atoms with Crippen LogP contribution in [0.3, 0.4) is 0 Å². The van der Waals surface area contributed by atoms with E-state index in [0.29, 0.717) is 34.6 Å². The summed E-state index contributed by atoms with van der Waals surface area (Å²) < 4.78 is 12.5. The molecule has 234 valence electrons. The molecule has 1 saturated heterocycles. The Kier molecular flexibility index (Phi) is 6.62. The molecule has 5 saturated carbocycles. The molecule has 0 amide bonds. The number of carbonyl (C=O) groups is 1. The van der Waals surface area contributed by atoms with Crippen LogP contribution in [0.2, 0.25) is 0 Å². The molecule has 5 aliphatic carbocycles. The average Bonchev–Trinajstić information content (AvgIpc) is 3.32. The fraction of sp³-hybridized carbons (Fsp3) is 0.971. The largest absolute Gasteiger partial charge is 0.457 e. The van der Waals surface area contributed by atoms with Crippen molar-refractivity contribution >= 4 is 5.97 Å². The minimum Gasteiger partial charge on any atom is -0.457 e. The van der Waals surface area contributed by atoms with Crippen molar-refractivity contribution in [3.8, 4) is 0 Å². The summed E-state index contributed by atoms with van der Waals surface area (Å²) in [6.07, 6.45) is 6.11. The molecule has 0 bridgehead atoms. The van der Waals surface area contributed by atoms with Crippen molar-refractivity contribution < 1.29 is 24.5 Å². The minimum atomic E-state index is -1.23. The van der Waals surface area contributed by atoms with E-state index in [2.05, 4.69) is 60.5 Å². The number of esters is 1. The van der Waals surface area contributed by atoms with E-state index in [4.69, 9.17) is 9.47 Å². The van der Waals surface area contributed by atoms with Crippen molar-refractivity contribution in [1.82, 2.24) is 4.90 Å². The van der Waals surface area contributed by atoms with Gasteiger partial charge in [-0.2, -0.15) is 0 Å². The zero-order valence-corrected chi connectivity index (χ0v) is 27.8. The van der Waals surface area contributed by atoms with Crippen LogP contribution in [-0.2, 0) is 14.3 Å². The highest BCUT2D eigenvalue weighted by atomic mass is 16.6. The second kappa shape index (κ2) is 8.95. The van der Waals surface area contributed by atoms with Gasteiger partial charge >= 0.3 is 5.97 Å². The summed E-state index contributed by atoms with van der Waals surface area (Å²) in [6.45, 7) is 19.7. The number of aliphatic hydroxyl groups is 2. The molecule has 14 atom stereocenters. The van der Waals surface area contributed by atoms with E-state index in [1.165, 1.54) is 39.0 Å². The van der Waals surface area contributed by atoms with Gasteiger partial charge in [0, 0.05) is 18.4 Å². The molecule has 0 radical (unpaired) electrons. The first-order chi connectivity index (χ1) is 18.8. The molecule has 1 aliphatic heterocycles. The highest BCUT2D eigenvalue weighted by Crippen LogP contribution is 2.91. The first-order valence-electron chi connectivity index (χ1n) is 16.7. The summed E-state index contributed by atoms with van der Waals surface area (Å²) in [7, 11) is 4.54. The van der Waals surface area contributed by atoms with Crippen LogP contribution in [0.4, 0.5) is 0 Å². The van der Waals surface area contributed by atoms with Crippen LogP contribution in [0, 0.1) is 56.7 Å². The lowest BCUT2D eigenvalue weighted by Gasteiger charge is -2.64. The van der Waals surface area contributed by atoms with Crippen molar-refractivity contribution in [2.45, 2.75) is 143 Å². The molecule has 6 rings (SSSR count). The number of rotatable bonds is 4. The zero-order valence-electron chi connectivity index (χ0n) is 27.8. The third kappa shape index (κ3) is 3.48. The summed E-state index contributed by atoms with van der Waals surface area (Å²) in [6, 6.07) is 0.621. The molecule has 6 aliphatic rings. The maximum absolute atomic E-state index is 12.5. The Balaban J connectivity index is 1.36. The Labute approximate surface area is 249 Å². The Morgan fingerprint density at radius 1 is 1.00 bits per heavy atom. The summed E-state index contributed by atoms with van der Waals surface area (Å²) in [5.41, 5.74) is -0.509. The maximum Gasteiger partial charge on any atom is 0.303 e. The molecule has 1 heterocycles. The number of nitrogens with zero attached hydrogens (tertiary/aromatic N) is 1. The summed E-state index contributed by atoms with van der Waals surface area (Å²) in [5, 5.41) is 23.5. The van der Waals surface area contributed by atoms with Gasteiger partial charge in [0.25, 0.3) is 0 Å². The van der Waals surface area contributed by atoms with Crippen LogP contribution >= 0.6 is 0 Å². The van der Waals surface area contributed by atoms with E-state index in [1.807, 2.05) is 0 Å². The Morgan fingerprint density at radius 2 is 1.61 bits per heavy atom. The molecular weight excluding hydrogens is 514 g/mol. The number of fused-ring (bicyclic) bond motifs is 4. The molecule has 6 fully saturated rings. The smallest absolute Gasteiger partial charge is 0.303 e. The number of hydrogen-bond donors (Lipinski definition) is 2. The van der Waals surface area contributed by atoms with Crippen LogP contribution < -0.4 is 0 Å². The van der Waals surface area contributed by atoms with Crippen LogP contribution in [-0.4, -0.2) is 71.2 Å². The highest BCUT2D eigenvalue weighted by molar-refractivity contribution is 5.66. The van der Waals surface area contributed by atoms with Crippen molar-refractivity contribution in [2.75, 3.05) is 14.1 Å². The standard InChI is InChI=1S/C35H59NO5/c1-19-18-22(29(31(6,7)39)40-21(3)37)41-27-26(19)32(8)16-17-35-20(2)34(35)15-14-25(36(10)11)30(4,5)23(34)12-13-24(35)33(32,9)28(27)38/h19-20,22-29,38-39H,12-18H2,1-11H3. The second-order valence-corrected chi connectivity index (χ2v) is 17.5. The van der Waals surface area contributed by atoms with Crippen LogP contribution in [0.1, 0.15) is 107 Å². The normalized spacial score (nSPS) is 54.2. The lowest BCUT2D eigenvalue weighted by atomic mass is 9.41. The minimum absolute atomic E-state index is 0.0181. The van der Waals surface area contributed by atoms with Crippen molar-refractivity contribution in [3.05, 3.63) is 0 Å². The first-order valence-corrected chi connectivity index (χ1v) is 16.7. The van der Waals surface area contributed by atoms with E-state index in [0.717, 1.165) is 18.8 Å². The fourth-order valence-electron chi connectivity index (χ4n) is 14.0. The zero-order chi connectivity index (χ0) is 30.3. The van der Waals surface area contributed by atoms with Crippen LogP contribution in [0.25, 0.3) is 0 Å². The van der Waals surface area contributed by atoms with Gasteiger partial charge in [-0.05, 0) is 124 Å². The molecule has 0 aromatic heterocycles.